The summed E-state index contributed by atoms with van der Waals surface area (Å²) < 4.78 is 0. The molecule has 0 aliphatic carbocycles. The Balaban J connectivity index is 2.60. The van der Waals surface area contributed by atoms with E-state index >= 15 is 0 Å². The highest BCUT2D eigenvalue weighted by molar-refractivity contribution is 6.40. The molecule has 1 aromatic rings. The van der Waals surface area contributed by atoms with Crippen LogP contribution in [0.2, 0.25) is 0 Å². The fourth-order valence-corrected chi connectivity index (χ4v) is 1.22. The van der Waals surface area contributed by atoms with Crippen molar-refractivity contribution in [3.05, 3.63) is 30.0 Å². The molecule has 0 amide bonds. The maximum atomic E-state index is 10.6. The Morgan fingerprint density at radius 1 is 1.36 bits per heavy atom. The number of anilines is 1. The highest BCUT2D eigenvalue weighted by Crippen LogP contribution is 2.29. The first-order valence-electron chi connectivity index (χ1n) is 4.00. The van der Waals surface area contributed by atoms with Crippen LogP contribution in [0.15, 0.2) is 35.0 Å². The lowest BCUT2D eigenvalue weighted by molar-refractivity contribution is -0.102. The number of allylic oxidation sites excluding steroid dienone is 1. The van der Waals surface area contributed by atoms with Gasteiger partial charge in [-0.2, -0.15) is 0 Å². The van der Waals surface area contributed by atoms with Crippen molar-refractivity contribution in [3.8, 4) is 0 Å². The second-order valence-electron chi connectivity index (χ2n) is 2.73. The Hall–Kier alpha value is -2.19. The molecule has 4 nitrogen and oxygen atoms in total. The molecule has 0 fully saturated rings. The summed E-state index contributed by atoms with van der Waals surface area (Å²) in [6.07, 6.45) is 0.531. The SMILES string of the molecule is O=C=C1Nc2ccccc2N=C1C=O. The number of para-hydroxylation sites is 2. The normalized spacial score (nSPS) is 13.4. The number of carbonyl (C=O) groups is 1. The standard InChI is InChI=1S/C10H6N2O2/c13-5-9-10(6-14)12-8-4-2-1-3-7(8)11-9/h1-5,12H. The van der Waals surface area contributed by atoms with E-state index in [0.717, 1.165) is 0 Å². The maximum absolute atomic E-state index is 10.6. The molecule has 0 saturated carbocycles. The average molecular weight is 186 g/mol. The van der Waals surface area contributed by atoms with Gasteiger partial charge in [0.05, 0.1) is 11.4 Å². The Morgan fingerprint density at radius 2 is 2.14 bits per heavy atom. The zero-order valence-electron chi connectivity index (χ0n) is 7.15. The minimum absolute atomic E-state index is 0.0821. The summed E-state index contributed by atoms with van der Waals surface area (Å²) in [5, 5.41) is 2.78. The van der Waals surface area contributed by atoms with Crippen LogP contribution in [0.3, 0.4) is 0 Å². The summed E-state index contributed by atoms with van der Waals surface area (Å²) in [4.78, 5) is 25.0. The van der Waals surface area contributed by atoms with Crippen LogP contribution in [-0.2, 0) is 9.59 Å². The number of carbonyl (C=O) groups excluding carboxylic acids is 2. The largest absolute Gasteiger partial charge is 0.343 e. The molecule has 68 valence electrons. The molecule has 1 aliphatic rings. The molecular formula is C10H6N2O2. The van der Waals surface area contributed by atoms with Crippen molar-refractivity contribution in [2.75, 3.05) is 5.32 Å². The predicted molar refractivity (Wildman–Crippen MR) is 52.4 cm³/mol. The predicted octanol–water partition coefficient (Wildman–Crippen LogP) is 1.10. The smallest absolute Gasteiger partial charge is 0.171 e. The molecule has 1 aliphatic heterocycles. The van der Waals surface area contributed by atoms with Crippen LogP contribution >= 0.6 is 0 Å². The van der Waals surface area contributed by atoms with Gasteiger partial charge < -0.3 is 5.32 Å². The molecule has 4 heteroatoms. The highest BCUT2D eigenvalue weighted by Gasteiger charge is 2.15. The quantitative estimate of drug-likeness (QED) is 0.527. The molecule has 1 aromatic carbocycles. The van der Waals surface area contributed by atoms with E-state index in [2.05, 4.69) is 10.3 Å². The fourth-order valence-electron chi connectivity index (χ4n) is 1.22. The second kappa shape index (κ2) is 3.28. The van der Waals surface area contributed by atoms with E-state index in [1.165, 1.54) is 0 Å². The van der Waals surface area contributed by atoms with Gasteiger partial charge in [0.2, 0.25) is 0 Å². The molecule has 2 rings (SSSR count). The van der Waals surface area contributed by atoms with Gasteiger partial charge in [-0.1, -0.05) is 12.1 Å². The van der Waals surface area contributed by atoms with Gasteiger partial charge in [-0.3, -0.25) is 4.79 Å². The average Bonchev–Trinajstić information content (AvgIpc) is 2.27. The number of benzene rings is 1. The number of aliphatic imine (C=N–C) groups is 1. The lowest BCUT2D eigenvalue weighted by Crippen LogP contribution is -2.16. The Labute approximate surface area is 80.0 Å². The van der Waals surface area contributed by atoms with E-state index in [-0.39, 0.29) is 11.4 Å². The van der Waals surface area contributed by atoms with Gasteiger partial charge in [0.25, 0.3) is 0 Å². The minimum atomic E-state index is 0.0821. The molecule has 0 aromatic heterocycles. The van der Waals surface area contributed by atoms with Crippen molar-refractivity contribution in [1.82, 2.24) is 0 Å². The van der Waals surface area contributed by atoms with E-state index in [4.69, 9.17) is 0 Å². The van der Waals surface area contributed by atoms with Crippen LogP contribution in [-0.4, -0.2) is 17.9 Å². The fraction of sp³-hybridized carbons (Fsp3) is 0. The minimum Gasteiger partial charge on any atom is -0.343 e. The number of fused-ring (bicyclic) bond motifs is 1. The summed E-state index contributed by atoms with van der Waals surface area (Å²) >= 11 is 0. The molecule has 0 bridgehead atoms. The van der Waals surface area contributed by atoms with Crippen molar-refractivity contribution < 1.29 is 9.59 Å². The van der Waals surface area contributed by atoms with E-state index in [1.807, 2.05) is 12.1 Å². The van der Waals surface area contributed by atoms with Gasteiger partial charge in [0.15, 0.2) is 17.9 Å². The third kappa shape index (κ3) is 1.24. The molecule has 0 radical (unpaired) electrons. The summed E-state index contributed by atoms with van der Waals surface area (Å²) in [6, 6.07) is 7.16. The molecule has 0 unspecified atom stereocenters. The van der Waals surface area contributed by atoms with E-state index in [0.29, 0.717) is 17.7 Å². The molecule has 0 saturated heterocycles. The number of hydrogen-bond donors (Lipinski definition) is 1. The highest BCUT2D eigenvalue weighted by atomic mass is 16.1. The van der Waals surface area contributed by atoms with Gasteiger partial charge in [-0.05, 0) is 12.1 Å². The van der Waals surface area contributed by atoms with Crippen LogP contribution in [0.25, 0.3) is 0 Å². The van der Waals surface area contributed by atoms with E-state index in [1.54, 1.807) is 18.1 Å². The van der Waals surface area contributed by atoms with Crippen LogP contribution in [0, 0.1) is 0 Å². The molecule has 1 heterocycles. The third-order valence-electron chi connectivity index (χ3n) is 1.87. The Morgan fingerprint density at radius 3 is 2.86 bits per heavy atom. The van der Waals surface area contributed by atoms with Crippen LogP contribution in [0.5, 0.6) is 0 Å². The first kappa shape index (κ1) is 8.41. The molecule has 1 N–H and O–H groups in total. The molecule has 0 atom stereocenters. The van der Waals surface area contributed by atoms with Crippen LogP contribution < -0.4 is 5.32 Å². The van der Waals surface area contributed by atoms with Gasteiger partial charge in [-0.25, -0.2) is 9.79 Å². The number of rotatable bonds is 1. The zero-order valence-corrected chi connectivity index (χ0v) is 7.15. The lowest BCUT2D eigenvalue weighted by atomic mass is 10.2. The maximum Gasteiger partial charge on any atom is 0.171 e. The first-order chi connectivity index (χ1) is 6.85. The second-order valence-corrected chi connectivity index (χ2v) is 2.73. The van der Waals surface area contributed by atoms with Gasteiger partial charge in [0, 0.05) is 0 Å². The Bertz CT molecular complexity index is 471. The van der Waals surface area contributed by atoms with Gasteiger partial charge >= 0.3 is 0 Å². The van der Waals surface area contributed by atoms with Gasteiger partial charge in [-0.15, -0.1) is 0 Å². The van der Waals surface area contributed by atoms with Crippen molar-refractivity contribution in [2.24, 2.45) is 4.99 Å². The van der Waals surface area contributed by atoms with Crippen LogP contribution in [0.4, 0.5) is 11.4 Å². The van der Waals surface area contributed by atoms with Crippen molar-refractivity contribution in [2.45, 2.75) is 0 Å². The van der Waals surface area contributed by atoms with Gasteiger partial charge in [0.1, 0.15) is 5.71 Å². The topological polar surface area (TPSA) is 58.5 Å². The Kier molecular flexibility index (Phi) is 1.97. The zero-order chi connectivity index (χ0) is 9.97. The number of hydrogen-bond acceptors (Lipinski definition) is 4. The molecular weight excluding hydrogens is 180 g/mol. The molecule has 0 spiro atoms. The van der Waals surface area contributed by atoms with E-state index < -0.39 is 0 Å². The summed E-state index contributed by atoms with van der Waals surface area (Å²) in [6.45, 7) is 0. The number of aldehydes is 1. The summed E-state index contributed by atoms with van der Waals surface area (Å²) in [5.41, 5.74) is 1.52. The van der Waals surface area contributed by atoms with Crippen LogP contribution in [0.1, 0.15) is 0 Å². The molecule has 14 heavy (non-hydrogen) atoms. The van der Waals surface area contributed by atoms with E-state index in [9.17, 15) is 9.59 Å². The summed E-state index contributed by atoms with van der Waals surface area (Å²) in [5.74, 6) is 1.64. The number of nitrogens with zero attached hydrogens (tertiary/aromatic N) is 1. The monoisotopic (exact) mass is 186 g/mol. The number of nitrogens with one attached hydrogen (secondary N) is 1. The van der Waals surface area contributed by atoms with Crippen molar-refractivity contribution >= 4 is 29.3 Å². The van der Waals surface area contributed by atoms with Crippen molar-refractivity contribution in [1.29, 1.82) is 0 Å². The summed E-state index contributed by atoms with van der Waals surface area (Å²) in [7, 11) is 0. The third-order valence-corrected chi connectivity index (χ3v) is 1.87. The van der Waals surface area contributed by atoms with Crippen molar-refractivity contribution in [3.63, 3.8) is 0 Å². The lowest BCUT2D eigenvalue weighted by Gasteiger charge is -2.14. The first-order valence-corrected chi connectivity index (χ1v) is 4.00.